The molecule has 0 heterocycles. The van der Waals surface area contributed by atoms with Crippen LogP contribution in [-0.4, -0.2) is 28.4 Å². The average molecular weight is 477 g/mol. The van der Waals surface area contributed by atoms with Crippen LogP contribution in [-0.2, 0) is 0 Å². The van der Waals surface area contributed by atoms with E-state index in [1.54, 1.807) is 28.4 Å². The molecule has 0 aliphatic heterocycles. The van der Waals surface area contributed by atoms with E-state index in [1.807, 2.05) is 42.5 Å². The lowest BCUT2D eigenvalue weighted by molar-refractivity contribution is 0.414. The van der Waals surface area contributed by atoms with E-state index in [9.17, 15) is 0 Å². The molecule has 36 heavy (non-hydrogen) atoms. The highest BCUT2D eigenvalue weighted by molar-refractivity contribution is 6.27. The van der Waals surface area contributed by atoms with Crippen molar-refractivity contribution in [3.63, 3.8) is 0 Å². The van der Waals surface area contributed by atoms with E-state index >= 15 is 0 Å². The standard InChI is InChI=1S/C32H28O4/c1-33-24-11-5-21(6-12-24)19-29-28-18-17-27(36-4)20-30(28)32(23-9-15-26(35-3)16-10-23)31(29)22-7-13-25(34-2)14-8-22/h5-20H,1-4H3/b29-19+. The summed E-state index contributed by atoms with van der Waals surface area (Å²) in [6.45, 7) is 0. The third-order valence-electron chi connectivity index (χ3n) is 6.49. The zero-order chi connectivity index (χ0) is 25.1. The number of allylic oxidation sites excluding steroid dienone is 2. The Morgan fingerprint density at radius 2 is 0.889 bits per heavy atom. The third kappa shape index (κ3) is 4.34. The number of benzene rings is 4. The minimum absolute atomic E-state index is 0.819. The molecule has 0 fully saturated rings. The molecule has 0 saturated carbocycles. The monoisotopic (exact) mass is 476 g/mol. The molecular weight excluding hydrogens is 448 g/mol. The number of methoxy groups -OCH3 is 4. The molecule has 0 bridgehead atoms. The first kappa shape index (κ1) is 23.3. The molecule has 0 spiro atoms. The van der Waals surface area contributed by atoms with Gasteiger partial charge in [-0.2, -0.15) is 0 Å². The number of ether oxygens (including phenoxy) is 4. The number of rotatable bonds is 7. The van der Waals surface area contributed by atoms with E-state index in [1.165, 1.54) is 0 Å². The predicted molar refractivity (Wildman–Crippen MR) is 146 cm³/mol. The summed E-state index contributed by atoms with van der Waals surface area (Å²) in [7, 11) is 6.75. The van der Waals surface area contributed by atoms with Crippen LogP contribution in [0.1, 0.15) is 27.8 Å². The second-order valence-electron chi connectivity index (χ2n) is 8.45. The molecule has 1 aliphatic rings. The molecule has 5 rings (SSSR count). The molecule has 0 unspecified atom stereocenters. The van der Waals surface area contributed by atoms with Crippen molar-refractivity contribution in [1.82, 2.24) is 0 Å². The van der Waals surface area contributed by atoms with Crippen molar-refractivity contribution >= 4 is 22.8 Å². The van der Waals surface area contributed by atoms with Gasteiger partial charge in [0.1, 0.15) is 23.0 Å². The quantitative estimate of drug-likeness (QED) is 0.282. The van der Waals surface area contributed by atoms with Crippen molar-refractivity contribution in [3.05, 3.63) is 119 Å². The maximum atomic E-state index is 5.62. The van der Waals surface area contributed by atoms with Crippen molar-refractivity contribution in [3.8, 4) is 23.0 Å². The van der Waals surface area contributed by atoms with Gasteiger partial charge < -0.3 is 18.9 Å². The highest BCUT2D eigenvalue weighted by Gasteiger charge is 2.29. The summed E-state index contributed by atoms with van der Waals surface area (Å²) >= 11 is 0. The largest absolute Gasteiger partial charge is 0.497 e. The van der Waals surface area contributed by atoms with Gasteiger partial charge in [0, 0.05) is 0 Å². The summed E-state index contributed by atoms with van der Waals surface area (Å²) in [5, 5.41) is 0. The first-order valence-corrected chi connectivity index (χ1v) is 11.7. The molecule has 4 aromatic rings. The molecule has 180 valence electrons. The Bertz CT molecular complexity index is 1430. The Morgan fingerprint density at radius 1 is 0.444 bits per heavy atom. The van der Waals surface area contributed by atoms with Gasteiger partial charge in [-0.25, -0.2) is 0 Å². The van der Waals surface area contributed by atoms with Gasteiger partial charge in [0.15, 0.2) is 0 Å². The maximum absolute atomic E-state index is 5.62. The van der Waals surface area contributed by atoms with Gasteiger partial charge in [-0.15, -0.1) is 0 Å². The second kappa shape index (κ2) is 10.0. The molecule has 0 N–H and O–H groups in total. The summed E-state index contributed by atoms with van der Waals surface area (Å²) in [5.41, 5.74) is 9.04. The zero-order valence-electron chi connectivity index (χ0n) is 20.9. The van der Waals surface area contributed by atoms with Crippen molar-refractivity contribution in [1.29, 1.82) is 0 Å². The van der Waals surface area contributed by atoms with Crippen LogP contribution in [0.5, 0.6) is 23.0 Å². The Morgan fingerprint density at radius 3 is 1.39 bits per heavy atom. The van der Waals surface area contributed by atoms with E-state index in [4.69, 9.17) is 18.9 Å². The molecule has 4 heteroatoms. The van der Waals surface area contributed by atoms with Crippen LogP contribution in [0.2, 0.25) is 0 Å². The van der Waals surface area contributed by atoms with E-state index in [-0.39, 0.29) is 0 Å². The normalized spacial score (nSPS) is 13.5. The van der Waals surface area contributed by atoms with Crippen LogP contribution < -0.4 is 18.9 Å². The summed E-state index contributed by atoms with van der Waals surface area (Å²) in [5.74, 6) is 3.30. The molecule has 0 amide bonds. The number of hydrogen-bond donors (Lipinski definition) is 0. The maximum Gasteiger partial charge on any atom is 0.119 e. The van der Waals surface area contributed by atoms with Crippen LogP contribution >= 0.6 is 0 Å². The summed E-state index contributed by atoms with van der Waals surface area (Å²) in [4.78, 5) is 0. The predicted octanol–water partition coefficient (Wildman–Crippen LogP) is 7.23. The van der Waals surface area contributed by atoms with Gasteiger partial charge in [0.2, 0.25) is 0 Å². The van der Waals surface area contributed by atoms with Gasteiger partial charge >= 0.3 is 0 Å². The fraction of sp³-hybridized carbons (Fsp3) is 0.125. The lowest BCUT2D eigenvalue weighted by Gasteiger charge is -2.12. The van der Waals surface area contributed by atoms with Crippen molar-refractivity contribution < 1.29 is 18.9 Å². The highest BCUT2D eigenvalue weighted by atomic mass is 16.5. The SMILES string of the molecule is COc1ccc(/C=C2/C(c3ccc(OC)cc3)=C(c3ccc(OC)cc3)c3cc(OC)ccc32)cc1. The fourth-order valence-electron chi connectivity index (χ4n) is 4.63. The average Bonchev–Trinajstić information content (AvgIpc) is 3.26. The first-order valence-electron chi connectivity index (χ1n) is 11.7. The highest BCUT2D eigenvalue weighted by Crippen LogP contribution is 2.51. The van der Waals surface area contributed by atoms with E-state index < -0.39 is 0 Å². The van der Waals surface area contributed by atoms with Gasteiger partial charge in [-0.3, -0.25) is 0 Å². The van der Waals surface area contributed by atoms with Crippen LogP contribution in [0.4, 0.5) is 0 Å². The molecule has 0 aromatic heterocycles. The summed E-state index contributed by atoms with van der Waals surface area (Å²) < 4.78 is 21.8. The second-order valence-corrected chi connectivity index (χ2v) is 8.45. The Labute approximate surface area is 212 Å². The molecule has 4 aromatic carbocycles. The van der Waals surface area contributed by atoms with E-state index in [2.05, 4.69) is 54.6 Å². The molecule has 0 atom stereocenters. The van der Waals surface area contributed by atoms with E-state index in [0.29, 0.717) is 0 Å². The third-order valence-corrected chi connectivity index (χ3v) is 6.49. The Balaban J connectivity index is 1.79. The molecule has 1 aliphatic carbocycles. The molecule has 0 saturated heterocycles. The summed E-state index contributed by atoms with van der Waals surface area (Å²) in [6.07, 6.45) is 2.24. The molecule has 4 nitrogen and oxygen atoms in total. The van der Waals surface area contributed by atoms with Gasteiger partial charge in [0.05, 0.1) is 28.4 Å². The Kier molecular flexibility index (Phi) is 6.50. The smallest absolute Gasteiger partial charge is 0.119 e. The van der Waals surface area contributed by atoms with Crippen molar-refractivity contribution in [2.45, 2.75) is 0 Å². The minimum Gasteiger partial charge on any atom is -0.497 e. The first-order chi connectivity index (χ1) is 17.6. The lowest BCUT2D eigenvalue weighted by atomic mass is 9.92. The Hall–Kier alpha value is -4.44. The number of hydrogen-bond acceptors (Lipinski definition) is 4. The van der Waals surface area contributed by atoms with Crippen molar-refractivity contribution in [2.75, 3.05) is 28.4 Å². The van der Waals surface area contributed by atoms with Crippen molar-refractivity contribution in [2.24, 2.45) is 0 Å². The van der Waals surface area contributed by atoms with Crippen LogP contribution in [0.25, 0.3) is 22.8 Å². The van der Waals surface area contributed by atoms with E-state index in [0.717, 1.165) is 67.5 Å². The van der Waals surface area contributed by atoms with Gasteiger partial charge in [-0.05, 0) is 99.1 Å². The van der Waals surface area contributed by atoms with Gasteiger partial charge in [-0.1, -0.05) is 42.5 Å². The summed E-state index contributed by atoms with van der Waals surface area (Å²) in [6, 6.07) is 30.8. The minimum atomic E-state index is 0.819. The fourth-order valence-corrected chi connectivity index (χ4v) is 4.63. The van der Waals surface area contributed by atoms with Gasteiger partial charge in [0.25, 0.3) is 0 Å². The molecular formula is C32H28O4. The zero-order valence-corrected chi connectivity index (χ0v) is 20.9. The van der Waals surface area contributed by atoms with Crippen LogP contribution in [0, 0.1) is 0 Å². The lowest BCUT2D eigenvalue weighted by Crippen LogP contribution is -1.92. The number of fused-ring (bicyclic) bond motifs is 1. The molecule has 0 radical (unpaired) electrons. The van der Waals surface area contributed by atoms with Crippen LogP contribution in [0.3, 0.4) is 0 Å². The van der Waals surface area contributed by atoms with Crippen LogP contribution in [0.15, 0.2) is 91.0 Å². The topological polar surface area (TPSA) is 36.9 Å².